The van der Waals surface area contributed by atoms with Gasteiger partial charge in [0.1, 0.15) is 5.00 Å². The summed E-state index contributed by atoms with van der Waals surface area (Å²) >= 11 is 6.92. The van der Waals surface area contributed by atoms with Gasteiger partial charge in [-0.15, -0.1) is 11.3 Å². The third-order valence-electron chi connectivity index (χ3n) is 4.13. The van der Waals surface area contributed by atoms with E-state index < -0.39 is 0 Å². The van der Waals surface area contributed by atoms with Crippen LogP contribution in [0.1, 0.15) is 29.8 Å². The summed E-state index contributed by atoms with van der Waals surface area (Å²) in [6, 6.07) is 19.9. The molecule has 0 amide bonds. The molecule has 2 aromatic carbocycles. The van der Waals surface area contributed by atoms with Crippen LogP contribution in [0.5, 0.6) is 0 Å². The predicted molar refractivity (Wildman–Crippen MR) is 121 cm³/mol. The smallest absolute Gasteiger partial charge is 0.341 e. The second-order valence-electron chi connectivity index (χ2n) is 6.07. The molecule has 0 spiro atoms. The van der Waals surface area contributed by atoms with Gasteiger partial charge >= 0.3 is 5.97 Å². The van der Waals surface area contributed by atoms with E-state index in [1.807, 2.05) is 48.5 Å². The first-order valence-corrected chi connectivity index (χ1v) is 10.4. The molecular weight excluding hydrogens is 388 g/mol. The van der Waals surface area contributed by atoms with Crippen molar-refractivity contribution in [3.8, 4) is 10.4 Å². The molecule has 0 aliphatic rings. The van der Waals surface area contributed by atoms with Crippen molar-refractivity contribution in [1.82, 2.24) is 0 Å². The lowest BCUT2D eigenvalue weighted by Crippen LogP contribution is -2.20. The highest BCUT2D eigenvalue weighted by Crippen LogP contribution is 2.36. The molecule has 2 N–H and O–H groups in total. The van der Waals surface area contributed by atoms with Gasteiger partial charge < -0.3 is 15.4 Å². The number of carbonyl (C=O) groups excluding carboxylic acids is 1. The maximum Gasteiger partial charge on any atom is 0.341 e. The number of nitrogens with one attached hydrogen (secondary N) is 2. The minimum absolute atomic E-state index is 0.321. The van der Waals surface area contributed by atoms with Crippen LogP contribution in [0.4, 0.5) is 10.7 Å². The Morgan fingerprint density at radius 3 is 2.39 bits per heavy atom. The van der Waals surface area contributed by atoms with Crippen molar-refractivity contribution >= 4 is 45.3 Å². The number of carbonyl (C=O) groups is 1. The molecule has 0 unspecified atom stereocenters. The highest BCUT2D eigenvalue weighted by atomic mass is 32.1. The number of esters is 1. The summed E-state index contributed by atoms with van der Waals surface area (Å²) in [5.74, 6) is -0.362. The molecule has 0 saturated carbocycles. The maximum absolute atomic E-state index is 12.4. The molecular formula is C22H22N2O2S2. The van der Waals surface area contributed by atoms with Gasteiger partial charge in [0, 0.05) is 10.6 Å². The second-order valence-corrected chi connectivity index (χ2v) is 7.53. The minimum atomic E-state index is -0.362. The lowest BCUT2D eigenvalue weighted by molar-refractivity contribution is 0.0528. The number of rotatable bonds is 6. The summed E-state index contributed by atoms with van der Waals surface area (Å²) in [5, 5.41) is 7.41. The van der Waals surface area contributed by atoms with Crippen molar-refractivity contribution in [3.05, 3.63) is 71.8 Å². The van der Waals surface area contributed by atoms with E-state index in [0.717, 1.165) is 22.5 Å². The van der Waals surface area contributed by atoms with E-state index in [1.54, 1.807) is 6.92 Å². The quantitative estimate of drug-likeness (QED) is 0.388. The second kappa shape index (κ2) is 9.48. The van der Waals surface area contributed by atoms with E-state index in [2.05, 4.69) is 29.7 Å². The van der Waals surface area contributed by atoms with Crippen LogP contribution in [-0.4, -0.2) is 17.7 Å². The zero-order valence-corrected chi connectivity index (χ0v) is 17.5. The molecule has 0 atom stereocenters. The molecule has 144 valence electrons. The van der Waals surface area contributed by atoms with Crippen LogP contribution in [0.3, 0.4) is 0 Å². The Morgan fingerprint density at radius 1 is 1.04 bits per heavy atom. The molecule has 0 saturated heterocycles. The monoisotopic (exact) mass is 410 g/mol. The number of hydrogen-bond acceptors (Lipinski definition) is 4. The lowest BCUT2D eigenvalue weighted by atomic mass is 10.1. The summed E-state index contributed by atoms with van der Waals surface area (Å²) in [4.78, 5) is 13.4. The Labute approximate surface area is 174 Å². The largest absolute Gasteiger partial charge is 0.462 e. The van der Waals surface area contributed by atoms with Gasteiger partial charge in [0.15, 0.2) is 5.11 Å². The van der Waals surface area contributed by atoms with Crippen molar-refractivity contribution in [1.29, 1.82) is 0 Å². The molecule has 0 bridgehead atoms. The molecule has 28 heavy (non-hydrogen) atoms. The van der Waals surface area contributed by atoms with Gasteiger partial charge in [-0.05, 0) is 54.9 Å². The van der Waals surface area contributed by atoms with E-state index >= 15 is 0 Å². The Morgan fingerprint density at radius 2 is 1.75 bits per heavy atom. The van der Waals surface area contributed by atoms with Crippen molar-refractivity contribution in [3.63, 3.8) is 0 Å². The minimum Gasteiger partial charge on any atom is -0.462 e. The number of ether oxygens (including phenoxy) is 1. The molecule has 0 aliphatic carbocycles. The molecule has 0 fully saturated rings. The first-order chi connectivity index (χ1) is 13.6. The Kier molecular flexibility index (Phi) is 6.79. The predicted octanol–water partition coefficient (Wildman–Crippen LogP) is 5.96. The third kappa shape index (κ3) is 4.97. The highest BCUT2D eigenvalue weighted by molar-refractivity contribution is 7.80. The zero-order valence-electron chi connectivity index (χ0n) is 15.8. The van der Waals surface area contributed by atoms with E-state index in [1.165, 1.54) is 16.9 Å². The fraction of sp³-hybridized carbons (Fsp3) is 0.182. The van der Waals surface area contributed by atoms with Crippen LogP contribution in [0.2, 0.25) is 0 Å². The normalized spacial score (nSPS) is 10.4. The van der Waals surface area contributed by atoms with Crippen LogP contribution >= 0.6 is 23.6 Å². The Bertz CT molecular complexity index is 950. The zero-order chi connectivity index (χ0) is 19.9. The van der Waals surface area contributed by atoms with Crippen molar-refractivity contribution < 1.29 is 9.53 Å². The van der Waals surface area contributed by atoms with Crippen LogP contribution in [0.15, 0.2) is 60.7 Å². The standard InChI is InChI=1S/C22H22N2O2S2/c1-3-15-10-12-17(13-11-15)23-22(27)24-20-18(21(25)26-4-2)14-19(28-20)16-8-6-5-7-9-16/h5-14H,3-4H2,1-2H3,(H2,23,24,27). The SMILES string of the molecule is CCOC(=O)c1cc(-c2ccccc2)sc1NC(=S)Nc1ccc(CC)cc1. The maximum atomic E-state index is 12.4. The highest BCUT2D eigenvalue weighted by Gasteiger charge is 2.19. The fourth-order valence-corrected chi connectivity index (χ4v) is 4.02. The number of thiophene rings is 1. The topological polar surface area (TPSA) is 50.4 Å². The van der Waals surface area contributed by atoms with Crippen molar-refractivity contribution in [2.45, 2.75) is 20.3 Å². The molecule has 3 rings (SSSR count). The first-order valence-electron chi connectivity index (χ1n) is 9.14. The summed E-state index contributed by atoms with van der Waals surface area (Å²) in [5.41, 5.74) is 3.68. The van der Waals surface area contributed by atoms with Crippen LogP contribution in [0, 0.1) is 0 Å². The van der Waals surface area contributed by atoms with Gasteiger partial charge in [0.2, 0.25) is 0 Å². The van der Waals surface area contributed by atoms with E-state index in [-0.39, 0.29) is 5.97 Å². The van der Waals surface area contributed by atoms with Crippen LogP contribution in [0.25, 0.3) is 10.4 Å². The Balaban J connectivity index is 1.81. The van der Waals surface area contributed by atoms with Gasteiger partial charge in [-0.25, -0.2) is 4.79 Å². The average Bonchev–Trinajstić information content (AvgIpc) is 3.13. The number of benzene rings is 2. The summed E-state index contributed by atoms with van der Waals surface area (Å²) in [7, 11) is 0. The van der Waals surface area contributed by atoms with E-state index in [9.17, 15) is 4.79 Å². The number of hydrogen-bond donors (Lipinski definition) is 2. The van der Waals surface area contributed by atoms with Gasteiger partial charge in [-0.3, -0.25) is 0 Å². The van der Waals surface area contributed by atoms with Crippen LogP contribution in [-0.2, 0) is 11.2 Å². The van der Waals surface area contributed by atoms with Gasteiger partial charge in [-0.1, -0.05) is 49.4 Å². The fourth-order valence-electron chi connectivity index (χ4n) is 2.68. The molecule has 1 heterocycles. The number of anilines is 2. The lowest BCUT2D eigenvalue weighted by Gasteiger charge is -2.11. The van der Waals surface area contributed by atoms with Gasteiger partial charge in [-0.2, -0.15) is 0 Å². The molecule has 6 heteroatoms. The molecule has 4 nitrogen and oxygen atoms in total. The summed E-state index contributed by atoms with van der Waals surface area (Å²) in [6.07, 6.45) is 0.989. The van der Waals surface area contributed by atoms with E-state index in [0.29, 0.717) is 22.3 Å². The number of aryl methyl sites for hydroxylation is 1. The average molecular weight is 411 g/mol. The van der Waals surface area contributed by atoms with Gasteiger partial charge in [0.25, 0.3) is 0 Å². The summed E-state index contributed by atoms with van der Waals surface area (Å²) < 4.78 is 5.21. The Hall–Kier alpha value is -2.70. The van der Waals surface area contributed by atoms with Crippen LogP contribution < -0.4 is 10.6 Å². The number of thiocarbonyl (C=S) groups is 1. The first kappa shape index (κ1) is 20.0. The third-order valence-corrected chi connectivity index (χ3v) is 5.44. The molecule has 3 aromatic rings. The molecule has 1 aromatic heterocycles. The summed E-state index contributed by atoms with van der Waals surface area (Å²) in [6.45, 7) is 4.23. The van der Waals surface area contributed by atoms with Crippen molar-refractivity contribution in [2.75, 3.05) is 17.2 Å². The van der Waals surface area contributed by atoms with Crippen molar-refractivity contribution in [2.24, 2.45) is 0 Å². The molecule has 0 radical (unpaired) electrons. The molecule has 0 aliphatic heterocycles. The van der Waals surface area contributed by atoms with E-state index in [4.69, 9.17) is 17.0 Å². The van der Waals surface area contributed by atoms with Gasteiger partial charge in [0.05, 0.1) is 12.2 Å².